The Morgan fingerprint density at radius 3 is 1.66 bits per heavy atom. The molecule has 3 heterocycles. The molecule has 2 aromatic carbocycles. The minimum absolute atomic E-state index is 0.0194. The molecule has 1 aliphatic carbocycles. The van der Waals surface area contributed by atoms with Gasteiger partial charge >= 0.3 is 5.97 Å². The number of ether oxygens (including phenoxy) is 14. The van der Waals surface area contributed by atoms with Crippen LogP contribution in [0.4, 0.5) is 0 Å². The van der Waals surface area contributed by atoms with Crippen LogP contribution in [-0.2, 0) is 75.9 Å². The van der Waals surface area contributed by atoms with Crippen molar-refractivity contribution in [3.63, 3.8) is 0 Å². The van der Waals surface area contributed by atoms with Crippen LogP contribution in [0.25, 0.3) is 21.6 Å². The molecule has 0 spiro atoms. The number of esters is 1. The van der Waals surface area contributed by atoms with E-state index in [-0.39, 0.29) is 38.6 Å². The smallest absolute Gasteiger partial charge is 0.306 e. The van der Waals surface area contributed by atoms with Gasteiger partial charge in [-0.3, -0.25) is 9.59 Å². The van der Waals surface area contributed by atoms with Crippen LogP contribution in [-0.4, -0.2) is 181 Å². The molecule has 1 amide bonds. The number of hydrogen-bond donors (Lipinski definition) is 1. The van der Waals surface area contributed by atoms with E-state index in [0.717, 1.165) is 22.3 Å². The van der Waals surface area contributed by atoms with Crippen LogP contribution in [0.1, 0.15) is 36.8 Å². The number of azide groups is 1. The van der Waals surface area contributed by atoms with E-state index in [0.29, 0.717) is 0 Å². The summed E-state index contributed by atoms with van der Waals surface area (Å²) >= 11 is 0. The summed E-state index contributed by atoms with van der Waals surface area (Å²) in [5.41, 5.74) is 13.6. The molecule has 0 saturated carbocycles. The molecule has 3 fully saturated rings. The highest BCUT2D eigenvalue weighted by molar-refractivity contribution is 5.82. The molecule has 15 unspecified atom stereocenters. The SMILES string of the molecule is COCC1OC(NC(=O)CCC(=O)OCC2c3ccccc3-c3ccccc32)C(OC)C(OC)C1OC1OC(COC)C(OC2OC(C)C(N=[N+]=[N-])C(OC)C2OC)C(OC)C1OC. The summed E-state index contributed by atoms with van der Waals surface area (Å²) in [6, 6.07) is 15.5. The van der Waals surface area contributed by atoms with Gasteiger partial charge in [-0.2, -0.15) is 0 Å². The number of carbonyl (C=O) groups excluding carboxylic acids is 2. The standard InChI is InChI=1S/C44H62N4O16/c1-23-33(47-48-45)36(53-4)40(57-8)43(60-23)63-35-30(22-52-3)62-44(41(58-9)38(35)55-6)64-34-29(21-51-2)61-42(39(56-7)37(34)54-5)46-31(49)18-19-32(50)59-20-28-26-16-12-10-14-24(26)25-15-11-13-17-27(25)28/h10-17,23,28-30,33-44H,18-22H2,1-9H3,(H,46,49). The van der Waals surface area contributed by atoms with Crippen molar-refractivity contribution in [1.29, 1.82) is 0 Å². The minimum atomic E-state index is -1.12. The van der Waals surface area contributed by atoms with Gasteiger partial charge in [-0.25, -0.2) is 0 Å². The summed E-state index contributed by atoms with van der Waals surface area (Å²) in [6.45, 7) is 1.96. The number of hydrogen-bond acceptors (Lipinski definition) is 17. The topological polar surface area (TPSA) is 224 Å². The highest BCUT2D eigenvalue weighted by Crippen LogP contribution is 2.44. The van der Waals surface area contributed by atoms with Crippen molar-refractivity contribution in [2.45, 2.75) is 118 Å². The van der Waals surface area contributed by atoms with E-state index in [4.69, 9.17) is 66.3 Å². The number of benzene rings is 2. The maximum absolute atomic E-state index is 13.4. The van der Waals surface area contributed by atoms with Gasteiger partial charge in [0.05, 0.1) is 37.9 Å². The molecule has 3 saturated heterocycles. The summed E-state index contributed by atoms with van der Waals surface area (Å²) in [5, 5.41) is 6.74. The van der Waals surface area contributed by atoms with Gasteiger partial charge in [0.1, 0.15) is 61.5 Å². The number of nitrogens with one attached hydrogen (secondary N) is 1. The van der Waals surface area contributed by atoms with Crippen molar-refractivity contribution in [2.75, 3.05) is 76.7 Å². The summed E-state index contributed by atoms with van der Waals surface area (Å²) < 4.78 is 84.8. The Bertz CT molecular complexity index is 1830. The number of amides is 1. The molecule has 15 atom stereocenters. The average Bonchev–Trinajstić information content (AvgIpc) is 3.62. The first-order chi connectivity index (χ1) is 31.1. The summed E-state index contributed by atoms with van der Waals surface area (Å²) in [4.78, 5) is 29.4. The van der Waals surface area contributed by atoms with Crippen LogP contribution < -0.4 is 5.32 Å². The van der Waals surface area contributed by atoms with E-state index in [1.54, 1.807) is 6.92 Å². The fourth-order valence-corrected chi connectivity index (χ4v) is 9.26. The maximum Gasteiger partial charge on any atom is 0.306 e. The van der Waals surface area contributed by atoms with Crippen LogP contribution in [0.3, 0.4) is 0 Å². The van der Waals surface area contributed by atoms with Crippen LogP contribution in [0.2, 0.25) is 0 Å². The van der Waals surface area contributed by atoms with Gasteiger partial charge in [-0.15, -0.1) is 0 Å². The van der Waals surface area contributed by atoms with Crippen molar-refractivity contribution in [1.82, 2.24) is 5.32 Å². The first-order valence-corrected chi connectivity index (χ1v) is 21.2. The third-order valence-electron chi connectivity index (χ3n) is 12.3. The lowest BCUT2D eigenvalue weighted by Crippen LogP contribution is -2.68. The predicted molar refractivity (Wildman–Crippen MR) is 225 cm³/mol. The molecule has 20 heteroatoms. The second-order valence-electron chi connectivity index (χ2n) is 15.8. The van der Waals surface area contributed by atoms with Crippen LogP contribution in [0, 0.1) is 0 Å². The monoisotopic (exact) mass is 902 g/mol. The van der Waals surface area contributed by atoms with Crippen molar-refractivity contribution in [3.8, 4) is 11.1 Å². The van der Waals surface area contributed by atoms with Crippen molar-refractivity contribution < 1.29 is 75.9 Å². The van der Waals surface area contributed by atoms with Crippen molar-refractivity contribution >= 4 is 11.9 Å². The molecule has 1 N–H and O–H groups in total. The number of nitrogens with zero attached hydrogens (tertiary/aromatic N) is 3. The third-order valence-corrected chi connectivity index (χ3v) is 12.3. The molecule has 0 radical (unpaired) electrons. The van der Waals surface area contributed by atoms with E-state index in [1.165, 1.54) is 56.9 Å². The van der Waals surface area contributed by atoms with E-state index in [2.05, 4.69) is 27.5 Å². The highest BCUT2D eigenvalue weighted by atomic mass is 16.8. The van der Waals surface area contributed by atoms with Gasteiger partial charge in [0.15, 0.2) is 18.8 Å². The molecular formula is C44H62N4O16. The Balaban J connectivity index is 1.11. The normalized spacial score (nSPS) is 33.7. The molecule has 3 aliphatic heterocycles. The molecule has 2 aromatic rings. The molecule has 64 heavy (non-hydrogen) atoms. The fourth-order valence-electron chi connectivity index (χ4n) is 9.26. The number of fused-ring (bicyclic) bond motifs is 3. The average molecular weight is 903 g/mol. The third kappa shape index (κ3) is 10.7. The summed E-state index contributed by atoms with van der Waals surface area (Å²) in [5.74, 6) is -1.07. The molecule has 6 rings (SSSR count). The molecular weight excluding hydrogens is 840 g/mol. The fraction of sp³-hybridized carbons (Fsp3) is 0.682. The Morgan fingerprint density at radius 1 is 0.625 bits per heavy atom. The Morgan fingerprint density at radius 2 is 1.12 bits per heavy atom. The van der Waals surface area contributed by atoms with Crippen molar-refractivity contribution in [3.05, 3.63) is 70.1 Å². The molecule has 4 aliphatic rings. The van der Waals surface area contributed by atoms with Gasteiger partial charge in [-0.1, -0.05) is 53.6 Å². The van der Waals surface area contributed by atoms with E-state index >= 15 is 0 Å². The molecule has 0 bridgehead atoms. The lowest BCUT2D eigenvalue weighted by molar-refractivity contribution is -0.374. The lowest BCUT2D eigenvalue weighted by Gasteiger charge is -2.51. The second kappa shape index (κ2) is 23.6. The molecule has 0 aromatic heterocycles. The Labute approximate surface area is 373 Å². The lowest BCUT2D eigenvalue weighted by atomic mass is 9.95. The predicted octanol–water partition coefficient (Wildman–Crippen LogP) is 3.27. The van der Waals surface area contributed by atoms with Crippen LogP contribution in [0.15, 0.2) is 53.6 Å². The largest absolute Gasteiger partial charge is 0.465 e. The molecule has 354 valence electrons. The molecule has 20 nitrogen and oxygen atoms in total. The van der Waals surface area contributed by atoms with Gasteiger partial charge in [0.25, 0.3) is 0 Å². The zero-order valence-corrected chi connectivity index (χ0v) is 37.8. The minimum Gasteiger partial charge on any atom is -0.465 e. The number of methoxy groups -OCH3 is 8. The van der Waals surface area contributed by atoms with E-state index in [1.807, 2.05) is 36.4 Å². The van der Waals surface area contributed by atoms with Crippen LogP contribution >= 0.6 is 0 Å². The van der Waals surface area contributed by atoms with Crippen molar-refractivity contribution in [2.24, 2.45) is 5.11 Å². The highest BCUT2D eigenvalue weighted by Gasteiger charge is 2.55. The van der Waals surface area contributed by atoms with Gasteiger partial charge in [0.2, 0.25) is 5.91 Å². The zero-order chi connectivity index (χ0) is 45.9. The maximum atomic E-state index is 13.4. The number of rotatable bonds is 21. The summed E-state index contributed by atoms with van der Waals surface area (Å²) in [7, 11) is 11.9. The second-order valence-corrected chi connectivity index (χ2v) is 15.8. The van der Waals surface area contributed by atoms with E-state index < -0.39 is 104 Å². The van der Waals surface area contributed by atoms with Gasteiger partial charge in [-0.05, 0) is 34.7 Å². The number of carbonyl (C=O) groups is 2. The van der Waals surface area contributed by atoms with E-state index in [9.17, 15) is 15.1 Å². The first kappa shape index (κ1) is 49.6. The Kier molecular flexibility index (Phi) is 18.3. The zero-order valence-electron chi connectivity index (χ0n) is 37.8. The first-order valence-electron chi connectivity index (χ1n) is 21.2. The van der Waals surface area contributed by atoms with Gasteiger partial charge in [0, 0.05) is 74.1 Å². The van der Waals surface area contributed by atoms with Gasteiger partial charge < -0.3 is 71.6 Å². The Hall–Kier alpha value is -3.83. The summed E-state index contributed by atoms with van der Waals surface area (Å²) in [6.07, 6.45) is -12.5. The van der Waals surface area contributed by atoms with Crippen LogP contribution in [0.5, 0.6) is 0 Å². The quantitative estimate of drug-likeness (QED) is 0.0822.